The molecule has 0 amide bonds. The second-order valence-electron chi connectivity index (χ2n) is 12.9. The summed E-state index contributed by atoms with van der Waals surface area (Å²) in [6.45, 7) is 0. The number of furan rings is 1. The molecule has 7 aromatic carbocycles. The van der Waals surface area contributed by atoms with E-state index >= 15 is 0 Å². The van der Waals surface area contributed by atoms with E-state index in [1.54, 1.807) is 0 Å². The van der Waals surface area contributed by atoms with Crippen molar-refractivity contribution in [2.45, 2.75) is 0 Å². The smallest absolute Gasteiger partial charge is 0.238 e. The van der Waals surface area contributed by atoms with Gasteiger partial charge in [-0.15, -0.1) is 0 Å². The van der Waals surface area contributed by atoms with Gasteiger partial charge in [-0.05, 0) is 48.5 Å². The minimum atomic E-state index is 0.578. The molecule has 0 bridgehead atoms. The van der Waals surface area contributed by atoms with Gasteiger partial charge in [-0.3, -0.25) is 4.57 Å². The van der Waals surface area contributed by atoms with Gasteiger partial charge in [0.25, 0.3) is 0 Å². The van der Waals surface area contributed by atoms with Crippen LogP contribution in [0.25, 0.3) is 100.0 Å². The number of aromatic nitrogens is 5. The fourth-order valence-electron chi connectivity index (χ4n) is 7.67. The topological polar surface area (TPSA) is 61.7 Å². The Kier molecular flexibility index (Phi) is 5.86. The summed E-state index contributed by atoms with van der Waals surface area (Å²) in [5, 5.41) is 6.80. The molecule has 11 rings (SSSR count). The Morgan fingerprint density at radius 2 is 0.863 bits per heavy atom. The Bertz CT molecular complexity index is 3080. The second kappa shape index (κ2) is 10.7. The van der Waals surface area contributed by atoms with E-state index in [-0.39, 0.29) is 0 Å². The average molecular weight is 654 g/mol. The molecule has 4 heterocycles. The van der Waals surface area contributed by atoms with Crippen molar-refractivity contribution in [1.82, 2.24) is 24.1 Å². The summed E-state index contributed by atoms with van der Waals surface area (Å²) in [5.41, 5.74) is 9.07. The summed E-state index contributed by atoms with van der Waals surface area (Å²) in [7, 11) is 0. The number of hydrogen-bond donors (Lipinski definition) is 0. The number of benzene rings is 7. The van der Waals surface area contributed by atoms with Crippen molar-refractivity contribution in [3.8, 4) is 34.4 Å². The van der Waals surface area contributed by atoms with Gasteiger partial charge in [0.05, 0.1) is 22.1 Å². The van der Waals surface area contributed by atoms with E-state index in [1.807, 2.05) is 72.8 Å². The Hall–Kier alpha value is -7.05. The molecule has 6 nitrogen and oxygen atoms in total. The zero-order valence-corrected chi connectivity index (χ0v) is 27.2. The van der Waals surface area contributed by atoms with Crippen molar-refractivity contribution in [1.29, 1.82) is 0 Å². The highest BCUT2D eigenvalue weighted by Crippen LogP contribution is 2.40. The van der Waals surface area contributed by atoms with Gasteiger partial charge >= 0.3 is 0 Å². The predicted molar refractivity (Wildman–Crippen MR) is 207 cm³/mol. The van der Waals surface area contributed by atoms with Gasteiger partial charge in [-0.1, -0.05) is 115 Å². The van der Waals surface area contributed by atoms with E-state index in [2.05, 4.69) is 100 Å². The first-order chi connectivity index (χ1) is 25.3. The first-order valence-corrected chi connectivity index (χ1v) is 17.0. The van der Waals surface area contributed by atoms with Crippen molar-refractivity contribution in [2.24, 2.45) is 0 Å². The van der Waals surface area contributed by atoms with E-state index in [0.29, 0.717) is 17.6 Å². The molecule has 0 aliphatic heterocycles. The van der Waals surface area contributed by atoms with Gasteiger partial charge < -0.3 is 8.98 Å². The van der Waals surface area contributed by atoms with E-state index in [1.165, 1.54) is 5.39 Å². The van der Waals surface area contributed by atoms with Gasteiger partial charge in [0.2, 0.25) is 5.95 Å². The summed E-state index contributed by atoms with van der Waals surface area (Å²) in [4.78, 5) is 15.2. The van der Waals surface area contributed by atoms with Crippen molar-refractivity contribution in [3.05, 3.63) is 164 Å². The molecule has 0 aliphatic carbocycles. The van der Waals surface area contributed by atoms with Crippen LogP contribution in [-0.4, -0.2) is 24.1 Å². The van der Waals surface area contributed by atoms with Crippen molar-refractivity contribution < 1.29 is 4.42 Å². The standard InChI is InChI=1S/C45H27N5O/c1-3-13-28(14-4-1)43-46-44(29-15-5-2-6-16-29)48-45(47-43)50-38-21-11-8-18-32(38)35-26-39-34(27-40(35)50)31-17-7-10-20-37(31)49(39)30-23-24-42-36(25-30)33-19-9-12-22-41(33)51-42/h1-27H. The number of rotatable bonds is 4. The Morgan fingerprint density at radius 3 is 1.51 bits per heavy atom. The molecular weight excluding hydrogens is 627 g/mol. The number of nitrogens with zero attached hydrogens (tertiary/aromatic N) is 5. The van der Waals surface area contributed by atoms with Gasteiger partial charge in [-0.2, -0.15) is 9.97 Å². The SMILES string of the molecule is c1ccc(-c2nc(-c3ccccc3)nc(-n3c4ccccc4c4cc5c(cc43)c3ccccc3n5-c3ccc4oc5ccccc5c4c3)n2)cc1. The molecule has 0 atom stereocenters. The number of para-hydroxylation sites is 3. The zero-order chi connectivity index (χ0) is 33.5. The molecule has 0 unspecified atom stereocenters. The first-order valence-electron chi connectivity index (χ1n) is 17.0. The lowest BCUT2D eigenvalue weighted by atomic mass is 10.1. The molecule has 0 saturated heterocycles. The highest BCUT2D eigenvalue weighted by atomic mass is 16.3. The highest BCUT2D eigenvalue weighted by Gasteiger charge is 2.21. The molecule has 6 heteroatoms. The van der Waals surface area contributed by atoms with Crippen LogP contribution in [0, 0.1) is 0 Å². The van der Waals surface area contributed by atoms with Crippen LogP contribution in [0.2, 0.25) is 0 Å². The van der Waals surface area contributed by atoms with E-state index in [0.717, 1.165) is 77.0 Å². The molecule has 4 aromatic heterocycles. The third-order valence-electron chi connectivity index (χ3n) is 9.97. The second-order valence-corrected chi connectivity index (χ2v) is 12.9. The third kappa shape index (κ3) is 4.20. The van der Waals surface area contributed by atoms with Crippen molar-refractivity contribution >= 4 is 65.6 Å². The van der Waals surface area contributed by atoms with Gasteiger partial charge in [0.15, 0.2) is 11.6 Å². The molecule has 11 aromatic rings. The van der Waals surface area contributed by atoms with E-state index in [4.69, 9.17) is 19.4 Å². The lowest BCUT2D eigenvalue weighted by Gasteiger charge is -2.11. The van der Waals surface area contributed by atoms with Crippen molar-refractivity contribution in [2.75, 3.05) is 0 Å². The molecule has 0 spiro atoms. The summed E-state index contributed by atoms with van der Waals surface area (Å²) in [6, 6.07) is 56.8. The van der Waals surface area contributed by atoms with Crippen LogP contribution >= 0.6 is 0 Å². The molecular formula is C45H27N5O. The van der Waals surface area contributed by atoms with Crippen molar-refractivity contribution in [3.63, 3.8) is 0 Å². The lowest BCUT2D eigenvalue weighted by molar-refractivity contribution is 0.669. The first kappa shape index (κ1) is 27.9. The Labute approximate surface area is 291 Å². The van der Waals surface area contributed by atoms with Crippen LogP contribution in [0.5, 0.6) is 0 Å². The third-order valence-corrected chi connectivity index (χ3v) is 9.97. The molecule has 0 saturated carbocycles. The van der Waals surface area contributed by atoms with Crippen LogP contribution in [-0.2, 0) is 0 Å². The summed E-state index contributed by atoms with van der Waals surface area (Å²) < 4.78 is 10.8. The summed E-state index contributed by atoms with van der Waals surface area (Å²) in [6.07, 6.45) is 0. The van der Waals surface area contributed by atoms with Crippen LogP contribution in [0.3, 0.4) is 0 Å². The normalized spacial score (nSPS) is 11.9. The predicted octanol–water partition coefficient (Wildman–Crippen LogP) is 11.3. The fourth-order valence-corrected chi connectivity index (χ4v) is 7.67. The maximum atomic E-state index is 6.20. The van der Waals surface area contributed by atoms with Crippen LogP contribution in [0.15, 0.2) is 168 Å². The number of hydrogen-bond acceptors (Lipinski definition) is 4. The average Bonchev–Trinajstić information content (AvgIpc) is 3.84. The van der Waals surface area contributed by atoms with Gasteiger partial charge in [-0.25, -0.2) is 4.98 Å². The van der Waals surface area contributed by atoms with Crippen LogP contribution in [0.1, 0.15) is 0 Å². The maximum absolute atomic E-state index is 6.20. The Morgan fingerprint density at radius 1 is 0.353 bits per heavy atom. The molecule has 0 aliphatic rings. The van der Waals surface area contributed by atoms with E-state index < -0.39 is 0 Å². The minimum absolute atomic E-state index is 0.578. The van der Waals surface area contributed by atoms with Gasteiger partial charge in [0.1, 0.15) is 11.2 Å². The maximum Gasteiger partial charge on any atom is 0.238 e. The highest BCUT2D eigenvalue weighted by molar-refractivity contribution is 6.19. The molecule has 0 radical (unpaired) electrons. The van der Waals surface area contributed by atoms with Gasteiger partial charge in [0, 0.05) is 49.1 Å². The molecule has 238 valence electrons. The quantitative estimate of drug-likeness (QED) is 0.190. The molecule has 0 N–H and O–H groups in total. The minimum Gasteiger partial charge on any atom is -0.456 e. The zero-order valence-electron chi connectivity index (χ0n) is 27.2. The Balaban J connectivity index is 1.22. The number of fused-ring (bicyclic) bond motifs is 9. The fraction of sp³-hybridized carbons (Fsp3) is 0. The lowest BCUT2D eigenvalue weighted by Crippen LogP contribution is -2.06. The molecule has 0 fully saturated rings. The molecule has 51 heavy (non-hydrogen) atoms. The van der Waals surface area contributed by atoms with Crippen LogP contribution in [0.4, 0.5) is 0 Å². The summed E-state index contributed by atoms with van der Waals surface area (Å²) in [5.74, 6) is 1.84. The van der Waals surface area contributed by atoms with Crippen LogP contribution < -0.4 is 0 Å². The summed E-state index contributed by atoms with van der Waals surface area (Å²) >= 11 is 0. The monoisotopic (exact) mass is 653 g/mol. The van der Waals surface area contributed by atoms with E-state index in [9.17, 15) is 0 Å². The largest absolute Gasteiger partial charge is 0.456 e.